The highest BCUT2D eigenvalue weighted by molar-refractivity contribution is 6.05. The van der Waals surface area contributed by atoms with Crippen LogP contribution in [0.25, 0.3) is 0 Å². The van der Waals surface area contributed by atoms with Gasteiger partial charge < -0.3 is 20.6 Å². The molecule has 1 unspecified atom stereocenters. The first-order chi connectivity index (χ1) is 12.9. The summed E-state index contributed by atoms with van der Waals surface area (Å²) in [6.45, 7) is 1.79. The standard InChI is InChI=1S/C20H21N3O4/c1-12-18(24)21-15-11-14(8-9-17(15)23(12)2)19(25)22-16(20(26)27)10-13-6-4-3-5-7-13/h3-9,11-12,16H,10H2,1-2H3,(H,21,24)(H,22,25)(H,26,27)/t12?,16-/m0/s1. The lowest BCUT2D eigenvalue weighted by Gasteiger charge is -2.33. The lowest BCUT2D eigenvalue weighted by atomic mass is 10.0. The topological polar surface area (TPSA) is 98.7 Å². The number of carboxylic acid groups (broad SMARTS) is 1. The van der Waals surface area contributed by atoms with E-state index < -0.39 is 17.9 Å². The molecule has 0 radical (unpaired) electrons. The minimum Gasteiger partial charge on any atom is -0.480 e. The van der Waals surface area contributed by atoms with Crippen molar-refractivity contribution in [1.29, 1.82) is 0 Å². The lowest BCUT2D eigenvalue weighted by molar-refractivity contribution is -0.139. The summed E-state index contributed by atoms with van der Waals surface area (Å²) < 4.78 is 0. The molecule has 1 heterocycles. The summed E-state index contributed by atoms with van der Waals surface area (Å²) in [7, 11) is 1.81. The number of benzene rings is 2. The Balaban J connectivity index is 1.78. The minimum atomic E-state index is -1.10. The van der Waals surface area contributed by atoms with Crippen molar-refractivity contribution in [2.24, 2.45) is 0 Å². The first-order valence-corrected chi connectivity index (χ1v) is 8.62. The van der Waals surface area contributed by atoms with E-state index >= 15 is 0 Å². The number of fused-ring (bicyclic) bond motifs is 1. The van der Waals surface area contributed by atoms with Gasteiger partial charge in [-0.15, -0.1) is 0 Å². The fraction of sp³-hybridized carbons (Fsp3) is 0.250. The van der Waals surface area contributed by atoms with E-state index in [0.29, 0.717) is 5.69 Å². The third-order valence-electron chi connectivity index (χ3n) is 4.74. The van der Waals surface area contributed by atoms with Crippen molar-refractivity contribution < 1.29 is 19.5 Å². The molecular formula is C20H21N3O4. The van der Waals surface area contributed by atoms with Gasteiger partial charge in [0.25, 0.3) is 5.91 Å². The average Bonchev–Trinajstić information content (AvgIpc) is 2.66. The maximum Gasteiger partial charge on any atom is 0.326 e. The van der Waals surface area contributed by atoms with Crippen LogP contribution in [0, 0.1) is 0 Å². The molecule has 0 aromatic heterocycles. The smallest absolute Gasteiger partial charge is 0.326 e. The van der Waals surface area contributed by atoms with E-state index in [1.165, 1.54) is 0 Å². The Morgan fingerprint density at radius 1 is 1.22 bits per heavy atom. The number of rotatable bonds is 5. The molecule has 0 spiro atoms. The van der Waals surface area contributed by atoms with Crippen LogP contribution in [0.5, 0.6) is 0 Å². The minimum absolute atomic E-state index is 0.157. The van der Waals surface area contributed by atoms with Crippen LogP contribution in [0.4, 0.5) is 11.4 Å². The van der Waals surface area contributed by atoms with E-state index in [0.717, 1.165) is 11.3 Å². The summed E-state index contributed by atoms with van der Waals surface area (Å²) >= 11 is 0. The fourth-order valence-electron chi connectivity index (χ4n) is 3.00. The van der Waals surface area contributed by atoms with Gasteiger partial charge in [0.15, 0.2) is 0 Å². The number of nitrogens with zero attached hydrogens (tertiary/aromatic N) is 1. The number of aliphatic carboxylic acids is 1. The van der Waals surface area contributed by atoms with Gasteiger partial charge in [0.2, 0.25) is 5.91 Å². The Bertz CT molecular complexity index is 882. The van der Waals surface area contributed by atoms with Gasteiger partial charge in [-0.25, -0.2) is 4.79 Å². The van der Waals surface area contributed by atoms with E-state index in [2.05, 4.69) is 10.6 Å². The van der Waals surface area contributed by atoms with Gasteiger partial charge in [0.05, 0.1) is 11.4 Å². The number of anilines is 2. The molecule has 0 aliphatic carbocycles. The Morgan fingerprint density at radius 2 is 1.93 bits per heavy atom. The summed E-state index contributed by atoms with van der Waals surface area (Å²) in [4.78, 5) is 37.9. The lowest BCUT2D eigenvalue weighted by Crippen LogP contribution is -2.44. The predicted octanol–water partition coefficient (Wildman–Crippen LogP) is 1.89. The number of hydrogen-bond donors (Lipinski definition) is 3. The molecule has 3 N–H and O–H groups in total. The zero-order chi connectivity index (χ0) is 19.6. The third-order valence-corrected chi connectivity index (χ3v) is 4.74. The molecule has 7 heteroatoms. The highest BCUT2D eigenvalue weighted by Crippen LogP contribution is 2.31. The predicted molar refractivity (Wildman–Crippen MR) is 102 cm³/mol. The van der Waals surface area contributed by atoms with Crippen molar-refractivity contribution in [1.82, 2.24) is 5.32 Å². The quantitative estimate of drug-likeness (QED) is 0.750. The van der Waals surface area contributed by atoms with Crippen molar-refractivity contribution in [3.05, 3.63) is 59.7 Å². The highest BCUT2D eigenvalue weighted by Gasteiger charge is 2.28. The van der Waals surface area contributed by atoms with Crippen LogP contribution in [0.15, 0.2) is 48.5 Å². The Morgan fingerprint density at radius 3 is 2.59 bits per heavy atom. The van der Waals surface area contributed by atoms with E-state index in [4.69, 9.17) is 0 Å². The van der Waals surface area contributed by atoms with E-state index in [9.17, 15) is 19.5 Å². The second-order valence-electron chi connectivity index (χ2n) is 6.56. The molecule has 0 saturated heterocycles. The Kier molecular flexibility index (Phi) is 5.12. The monoisotopic (exact) mass is 367 g/mol. The normalized spacial score (nSPS) is 16.9. The first kappa shape index (κ1) is 18.4. The summed E-state index contributed by atoms with van der Waals surface area (Å²) in [5, 5.41) is 14.8. The van der Waals surface area contributed by atoms with Crippen LogP contribution in [0.2, 0.25) is 0 Å². The largest absolute Gasteiger partial charge is 0.480 e. The molecule has 3 rings (SSSR count). The molecular weight excluding hydrogens is 346 g/mol. The molecule has 140 valence electrons. The van der Waals surface area contributed by atoms with Gasteiger partial charge in [-0.2, -0.15) is 0 Å². The maximum atomic E-state index is 12.6. The van der Waals surface area contributed by atoms with Crippen molar-refractivity contribution in [2.45, 2.75) is 25.4 Å². The molecule has 1 aliphatic rings. The van der Waals surface area contributed by atoms with Crippen molar-refractivity contribution in [3.63, 3.8) is 0 Å². The molecule has 2 aromatic carbocycles. The zero-order valence-electron chi connectivity index (χ0n) is 15.1. The molecule has 27 heavy (non-hydrogen) atoms. The molecule has 0 bridgehead atoms. The second-order valence-corrected chi connectivity index (χ2v) is 6.56. The van der Waals surface area contributed by atoms with Gasteiger partial charge in [-0.1, -0.05) is 30.3 Å². The fourth-order valence-corrected chi connectivity index (χ4v) is 3.00. The van der Waals surface area contributed by atoms with Crippen LogP contribution < -0.4 is 15.5 Å². The average molecular weight is 367 g/mol. The number of carboxylic acids is 1. The van der Waals surface area contributed by atoms with Crippen LogP contribution >= 0.6 is 0 Å². The molecule has 2 aromatic rings. The number of amides is 2. The summed E-state index contributed by atoms with van der Waals surface area (Å²) in [6.07, 6.45) is 0.184. The number of carbonyl (C=O) groups excluding carboxylic acids is 2. The molecule has 7 nitrogen and oxygen atoms in total. The van der Waals surface area contributed by atoms with Crippen molar-refractivity contribution >= 4 is 29.2 Å². The summed E-state index contributed by atoms with van der Waals surface area (Å²) in [6, 6.07) is 12.7. The SMILES string of the molecule is CC1C(=O)Nc2cc(C(=O)N[C@@H](Cc3ccccc3)C(=O)O)ccc2N1C. The molecule has 2 atom stereocenters. The number of carbonyl (C=O) groups is 3. The zero-order valence-corrected chi connectivity index (χ0v) is 15.1. The number of hydrogen-bond acceptors (Lipinski definition) is 4. The molecule has 1 aliphatic heterocycles. The van der Waals surface area contributed by atoms with Gasteiger partial charge in [0.1, 0.15) is 12.1 Å². The van der Waals surface area contributed by atoms with E-state index in [1.54, 1.807) is 25.1 Å². The van der Waals surface area contributed by atoms with Crippen LogP contribution in [0.1, 0.15) is 22.8 Å². The highest BCUT2D eigenvalue weighted by atomic mass is 16.4. The molecule has 0 fully saturated rings. The number of likely N-dealkylation sites (N-methyl/N-ethyl adjacent to an activating group) is 1. The van der Waals surface area contributed by atoms with E-state index in [-0.39, 0.29) is 23.9 Å². The molecule has 2 amide bonds. The summed E-state index contributed by atoms with van der Waals surface area (Å²) in [5.74, 6) is -1.77. The Hall–Kier alpha value is -3.35. The van der Waals surface area contributed by atoms with Gasteiger partial charge in [-0.3, -0.25) is 9.59 Å². The van der Waals surface area contributed by atoms with Crippen molar-refractivity contribution in [3.8, 4) is 0 Å². The van der Waals surface area contributed by atoms with Crippen LogP contribution in [-0.2, 0) is 16.0 Å². The number of nitrogens with one attached hydrogen (secondary N) is 2. The van der Waals surface area contributed by atoms with Gasteiger partial charge in [-0.05, 0) is 30.7 Å². The molecule has 0 saturated carbocycles. The Labute approximate surface area is 157 Å². The first-order valence-electron chi connectivity index (χ1n) is 8.62. The van der Waals surface area contributed by atoms with Crippen molar-refractivity contribution in [2.75, 3.05) is 17.3 Å². The third kappa shape index (κ3) is 3.92. The van der Waals surface area contributed by atoms with E-state index in [1.807, 2.05) is 42.3 Å². The van der Waals surface area contributed by atoms with Gasteiger partial charge >= 0.3 is 5.97 Å². The second kappa shape index (κ2) is 7.49. The maximum absolute atomic E-state index is 12.6. The van der Waals surface area contributed by atoms with Gasteiger partial charge in [0, 0.05) is 19.0 Å². The van der Waals surface area contributed by atoms with Crippen LogP contribution in [0.3, 0.4) is 0 Å². The summed E-state index contributed by atoms with van der Waals surface area (Å²) in [5.41, 5.74) is 2.44. The van der Waals surface area contributed by atoms with Crippen LogP contribution in [-0.4, -0.2) is 42.0 Å².